The Labute approximate surface area is 96.7 Å². The van der Waals surface area contributed by atoms with Crippen molar-refractivity contribution in [2.45, 2.75) is 27.2 Å². The molecule has 0 aliphatic heterocycles. The smallest absolute Gasteiger partial charge is 0.137 e. The van der Waals surface area contributed by atoms with Gasteiger partial charge in [-0.3, -0.25) is 10.1 Å². The zero-order chi connectivity index (χ0) is 12.3. The third-order valence-electron chi connectivity index (χ3n) is 2.64. The summed E-state index contributed by atoms with van der Waals surface area (Å²) in [7, 11) is 1.90. The molecule has 0 spiro atoms. The van der Waals surface area contributed by atoms with Gasteiger partial charge in [-0.25, -0.2) is 0 Å². The monoisotopic (exact) mass is 223 g/mol. The van der Waals surface area contributed by atoms with E-state index in [0.717, 1.165) is 36.6 Å². The molecule has 0 unspecified atom stereocenters. The molecule has 16 heavy (non-hydrogen) atoms. The second kappa shape index (κ2) is 5.01. The zero-order valence-electron chi connectivity index (χ0n) is 10.5. The first-order chi connectivity index (χ1) is 7.52. The maximum atomic E-state index is 7.63. The molecule has 0 aliphatic rings. The van der Waals surface area contributed by atoms with Gasteiger partial charge in [-0.15, -0.1) is 0 Å². The van der Waals surface area contributed by atoms with E-state index in [1.165, 1.54) is 0 Å². The second-order valence-electron chi connectivity index (χ2n) is 3.90. The largest absolute Gasteiger partial charge is 0.384 e. The van der Waals surface area contributed by atoms with Gasteiger partial charge >= 0.3 is 0 Å². The number of anilines is 1. The van der Waals surface area contributed by atoms with E-state index in [1.807, 2.05) is 18.7 Å². The number of aryl methyl sites for hydroxylation is 2. The number of aromatic nitrogens is 2. The molecule has 3 N–H and O–H groups in total. The van der Waals surface area contributed by atoms with Crippen LogP contribution in [0.25, 0.3) is 0 Å². The number of rotatable bonds is 5. The zero-order valence-corrected chi connectivity index (χ0v) is 10.5. The Kier molecular flexibility index (Phi) is 3.93. The van der Waals surface area contributed by atoms with Gasteiger partial charge in [0.2, 0.25) is 0 Å². The lowest BCUT2D eigenvalue weighted by Gasteiger charge is -2.23. The Morgan fingerprint density at radius 1 is 1.50 bits per heavy atom. The highest BCUT2D eigenvalue weighted by Crippen LogP contribution is 2.22. The van der Waals surface area contributed by atoms with Crippen molar-refractivity contribution in [3.05, 3.63) is 11.3 Å². The van der Waals surface area contributed by atoms with E-state index in [-0.39, 0.29) is 5.84 Å². The minimum absolute atomic E-state index is 0.0927. The summed E-state index contributed by atoms with van der Waals surface area (Å²) in [6.07, 6.45) is 1.06. The molecule has 0 saturated carbocycles. The average Bonchev–Trinajstić information content (AvgIpc) is 2.50. The summed E-state index contributed by atoms with van der Waals surface area (Å²) in [4.78, 5) is 2.21. The Morgan fingerprint density at radius 3 is 2.56 bits per heavy atom. The van der Waals surface area contributed by atoms with Crippen molar-refractivity contribution < 1.29 is 0 Å². The van der Waals surface area contributed by atoms with Crippen molar-refractivity contribution in [2.75, 3.05) is 18.0 Å². The Hall–Kier alpha value is -1.52. The van der Waals surface area contributed by atoms with Crippen molar-refractivity contribution in [3.8, 4) is 0 Å². The molecule has 1 heterocycles. The van der Waals surface area contributed by atoms with Crippen LogP contribution in [0.3, 0.4) is 0 Å². The van der Waals surface area contributed by atoms with Crippen LogP contribution in [-0.2, 0) is 7.05 Å². The van der Waals surface area contributed by atoms with E-state index >= 15 is 0 Å². The minimum atomic E-state index is 0.0927. The summed E-state index contributed by atoms with van der Waals surface area (Å²) < 4.78 is 1.81. The number of hydrogen-bond acceptors (Lipinski definition) is 3. The van der Waals surface area contributed by atoms with Crippen molar-refractivity contribution in [2.24, 2.45) is 12.8 Å². The molecule has 0 aliphatic carbocycles. The van der Waals surface area contributed by atoms with Crippen molar-refractivity contribution in [1.82, 2.24) is 9.78 Å². The first kappa shape index (κ1) is 12.5. The lowest BCUT2D eigenvalue weighted by Crippen LogP contribution is -2.28. The summed E-state index contributed by atoms with van der Waals surface area (Å²) in [6.45, 7) is 7.98. The van der Waals surface area contributed by atoms with E-state index in [9.17, 15) is 0 Å². The molecular formula is C11H21N5. The van der Waals surface area contributed by atoms with E-state index < -0.39 is 0 Å². The number of amidine groups is 1. The third kappa shape index (κ3) is 2.18. The molecule has 1 aromatic rings. The maximum absolute atomic E-state index is 7.63. The lowest BCUT2D eigenvalue weighted by molar-refractivity contribution is 0.697. The molecular weight excluding hydrogens is 202 g/mol. The topological polar surface area (TPSA) is 70.9 Å². The molecule has 0 atom stereocenters. The van der Waals surface area contributed by atoms with Gasteiger partial charge in [0.15, 0.2) is 0 Å². The van der Waals surface area contributed by atoms with Gasteiger partial charge in [-0.1, -0.05) is 6.92 Å². The van der Waals surface area contributed by atoms with Gasteiger partial charge in [-0.05, 0) is 20.3 Å². The van der Waals surface area contributed by atoms with E-state index in [2.05, 4.69) is 23.8 Å². The lowest BCUT2D eigenvalue weighted by atomic mass is 10.2. The first-order valence-electron chi connectivity index (χ1n) is 5.65. The highest BCUT2D eigenvalue weighted by atomic mass is 15.4. The van der Waals surface area contributed by atoms with Gasteiger partial charge in [0.25, 0.3) is 0 Å². The predicted octanol–water partition coefficient (Wildman–Crippen LogP) is 1.25. The number of hydrogen-bond donors (Lipinski definition) is 2. The summed E-state index contributed by atoms with van der Waals surface area (Å²) in [5.41, 5.74) is 7.20. The molecule has 1 rings (SSSR count). The molecule has 0 radical (unpaired) electrons. The standard InChI is InChI=1S/C11H21N5/c1-5-7-16(6-2)11-9(10(12)13)8(3)14-15(11)4/h5-7H2,1-4H3,(H3,12,13). The first-order valence-corrected chi connectivity index (χ1v) is 5.65. The highest BCUT2D eigenvalue weighted by Gasteiger charge is 2.19. The van der Waals surface area contributed by atoms with Crippen LogP contribution in [-0.4, -0.2) is 28.7 Å². The van der Waals surface area contributed by atoms with Gasteiger partial charge in [0.05, 0.1) is 11.3 Å². The van der Waals surface area contributed by atoms with Crippen molar-refractivity contribution >= 4 is 11.7 Å². The van der Waals surface area contributed by atoms with Crippen LogP contribution >= 0.6 is 0 Å². The third-order valence-corrected chi connectivity index (χ3v) is 2.64. The van der Waals surface area contributed by atoms with Crippen LogP contribution in [0.4, 0.5) is 5.82 Å². The number of nitrogens with one attached hydrogen (secondary N) is 1. The van der Waals surface area contributed by atoms with Gasteiger partial charge in [0.1, 0.15) is 11.7 Å². The molecule has 1 aromatic heterocycles. The fourth-order valence-electron chi connectivity index (χ4n) is 2.01. The summed E-state index contributed by atoms with van der Waals surface area (Å²) in [5.74, 6) is 1.05. The summed E-state index contributed by atoms with van der Waals surface area (Å²) in [5, 5.41) is 12.0. The van der Waals surface area contributed by atoms with Crippen LogP contribution in [0.2, 0.25) is 0 Å². The summed E-state index contributed by atoms with van der Waals surface area (Å²) in [6, 6.07) is 0. The van der Waals surface area contributed by atoms with Crippen LogP contribution in [0, 0.1) is 12.3 Å². The summed E-state index contributed by atoms with van der Waals surface area (Å²) >= 11 is 0. The van der Waals surface area contributed by atoms with Crippen molar-refractivity contribution in [3.63, 3.8) is 0 Å². The average molecular weight is 223 g/mol. The maximum Gasteiger partial charge on any atom is 0.137 e. The van der Waals surface area contributed by atoms with Crippen LogP contribution in [0.15, 0.2) is 0 Å². The van der Waals surface area contributed by atoms with E-state index in [4.69, 9.17) is 11.1 Å². The van der Waals surface area contributed by atoms with Crippen LogP contribution < -0.4 is 10.6 Å². The second-order valence-corrected chi connectivity index (χ2v) is 3.90. The molecule has 5 heteroatoms. The minimum Gasteiger partial charge on any atom is -0.384 e. The fourth-order valence-corrected chi connectivity index (χ4v) is 2.01. The SMILES string of the molecule is CCCN(CC)c1c(C(=N)N)c(C)nn1C. The predicted molar refractivity (Wildman–Crippen MR) is 67.1 cm³/mol. The van der Waals surface area contributed by atoms with Crippen LogP contribution in [0.5, 0.6) is 0 Å². The normalized spacial score (nSPS) is 10.5. The molecule has 0 aromatic carbocycles. The molecule has 0 saturated heterocycles. The number of nitrogens with zero attached hydrogens (tertiary/aromatic N) is 3. The van der Waals surface area contributed by atoms with Gasteiger partial charge in [-0.2, -0.15) is 5.10 Å². The van der Waals surface area contributed by atoms with E-state index in [0.29, 0.717) is 0 Å². The van der Waals surface area contributed by atoms with Crippen molar-refractivity contribution in [1.29, 1.82) is 5.41 Å². The van der Waals surface area contributed by atoms with Crippen LogP contribution in [0.1, 0.15) is 31.5 Å². The molecule has 90 valence electrons. The van der Waals surface area contributed by atoms with Gasteiger partial charge < -0.3 is 10.6 Å². The molecule has 0 fully saturated rings. The quantitative estimate of drug-likeness (QED) is 0.583. The number of nitrogens with two attached hydrogens (primary N) is 1. The van der Waals surface area contributed by atoms with Gasteiger partial charge in [0, 0.05) is 20.1 Å². The molecule has 5 nitrogen and oxygen atoms in total. The fraction of sp³-hybridized carbons (Fsp3) is 0.636. The Bertz CT molecular complexity index is 380. The highest BCUT2D eigenvalue weighted by molar-refractivity contribution is 6.00. The van der Waals surface area contributed by atoms with E-state index in [1.54, 1.807) is 0 Å². The number of nitrogen functional groups attached to an aromatic ring is 1. The molecule has 0 bridgehead atoms. The Balaban J connectivity index is 3.24. The Morgan fingerprint density at radius 2 is 2.12 bits per heavy atom. The molecule has 0 amide bonds.